The Morgan fingerprint density at radius 3 is 2.52 bits per heavy atom. The van der Waals surface area contributed by atoms with Crippen molar-refractivity contribution in [2.75, 3.05) is 18.4 Å². The molecule has 0 atom stereocenters. The Balaban J connectivity index is 1.98. The van der Waals surface area contributed by atoms with Crippen LogP contribution in [0.1, 0.15) is 31.7 Å². The molecule has 4 nitrogen and oxygen atoms in total. The van der Waals surface area contributed by atoms with Crippen LogP contribution in [0.2, 0.25) is 0 Å². The molecule has 0 aliphatic rings. The third kappa shape index (κ3) is 5.16. The molecule has 1 N–H and O–H groups in total. The van der Waals surface area contributed by atoms with Crippen LogP contribution < -0.4 is 5.32 Å². The summed E-state index contributed by atoms with van der Waals surface area (Å²) in [4.78, 5) is 11.4. The fourth-order valence-electron chi connectivity index (χ4n) is 2.15. The molecule has 2 aromatic rings. The van der Waals surface area contributed by atoms with E-state index in [0.717, 1.165) is 49.8 Å². The number of nitrogens with zero attached hydrogens (tertiary/aromatic N) is 3. The third-order valence-electron chi connectivity index (χ3n) is 3.31. The van der Waals surface area contributed by atoms with Gasteiger partial charge in [0, 0.05) is 25.8 Å². The molecular weight excluding hydrogens is 260 g/mol. The van der Waals surface area contributed by atoms with E-state index < -0.39 is 0 Å². The van der Waals surface area contributed by atoms with Crippen molar-refractivity contribution in [3.63, 3.8) is 0 Å². The minimum Gasteiger partial charge on any atom is -0.370 e. The second-order valence-electron chi connectivity index (χ2n) is 5.07. The molecule has 2 rings (SSSR count). The van der Waals surface area contributed by atoms with Gasteiger partial charge in [-0.3, -0.25) is 9.88 Å². The van der Waals surface area contributed by atoms with Crippen LogP contribution in [-0.4, -0.2) is 28.0 Å². The lowest BCUT2D eigenvalue weighted by Crippen LogP contribution is -2.23. The zero-order chi connectivity index (χ0) is 14.9. The summed E-state index contributed by atoms with van der Waals surface area (Å²) in [7, 11) is 0. The van der Waals surface area contributed by atoms with Gasteiger partial charge in [0.1, 0.15) is 5.82 Å². The summed E-state index contributed by atoms with van der Waals surface area (Å²) in [6, 6.07) is 12.2. The normalized spacial score (nSPS) is 10.8. The molecule has 4 heteroatoms. The predicted molar refractivity (Wildman–Crippen MR) is 87.0 cm³/mol. The number of anilines is 1. The highest BCUT2D eigenvalue weighted by Gasteiger charge is 2.07. The highest BCUT2D eigenvalue weighted by atomic mass is 15.1. The summed E-state index contributed by atoms with van der Waals surface area (Å²) in [5.41, 5.74) is 2.19. The number of hydrogen-bond acceptors (Lipinski definition) is 4. The summed E-state index contributed by atoms with van der Waals surface area (Å²) in [5, 5.41) is 3.33. The minimum atomic E-state index is 0.842. The van der Waals surface area contributed by atoms with Crippen molar-refractivity contribution in [3.8, 4) is 0 Å². The molecule has 0 unspecified atom stereocenters. The van der Waals surface area contributed by atoms with Gasteiger partial charge in [0.05, 0.1) is 11.4 Å². The van der Waals surface area contributed by atoms with Gasteiger partial charge in [0.25, 0.3) is 0 Å². The topological polar surface area (TPSA) is 41.0 Å². The van der Waals surface area contributed by atoms with Crippen molar-refractivity contribution in [1.29, 1.82) is 0 Å². The van der Waals surface area contributed by atoms with E-state index in [1.54, 1.807) is 0 Å². The zero-order valence-electron chi connectivity index (χ0n) is 12.9. The predicted octanol–water partition coefficient (Wildman–Crippen LogP) is 3.32. The van der Waals surface area contributed by atoms with Crippen LogP contribution in [-0.2, 0) is 13.1 Å². The van der Waals surface area contributed by atoms with E-state index in [2.05, 4.69) is 52.2 Å². The molecule has 2 heterocycles. The highest BCUT2D eigenvalue weighted by molar-refractivity contribution is 5.35. The van der Waals surface area contributed by atoms with E-state index in [1.807, 2.05) is 24.4 Å². The van der Waals surface area contributed by atoms with Crippen LogP contribution in [0.3, 0.4) is 0 Å². The number of rotatable bonds is 8. The molecular formula is C17H24N4. The first-order valence-electron chi connectivity index (χ1n) is 7.64. The third-order valence-corrected chi connectivity index (χ3v) is 3.31. The molecule has 0 aliphatic heterocycles. The van der Waals surface area contributed by atoms with E-state index in [0.29, 0.717) is 0 Å². The molecule has 21 heavy (non-hydrogen) atoms. The summed E-state index contributed by atoms with van der Waals surface area (Å²) in [5.74, 6) is 0.961. The monoisotopic (exact) mass is 284 g/mol. The van der Waals surface area contributed by atoms with Crippen molar-refractivity contribution < 1.29 is 0 Å². The summed E-state index contributed by atoms with van der Waals surface area (Å²) >= 11 is 0. The zero-order valence-corrected chi connectivity index (χ0v) is 12.9. The van der Waals surface area contributed by atoms with Crippen molar-refractivity contribution in [3.05, 3.63) is 54.0 Å². The van der Waals surface area contributed by atoms with E-state index in [4.69, 9.17) is 0 Å². The summed E-state index contributed by atoms with van der Waals surface area (Å²) < 4.78 is 0. The average molecular weight is 284 g/mol. The smallest absolute Gasteiger partial charge is 0.126 e. The fourth-order valence-corrected chi connectivity index (χ4v) is 2.15. The molecule has 0 aliphatic carbocycles. The van der Waals surface area contributed by atoms with Gasteiger partial charge in [-0.05, 0) is 37.2 Å². The molecule has 0 amide bonds. The van der Waals surface area contributed by atoms with Gasteiger partial charge in [0.2, 0.25) is 0 Å². The molecule has 0 aromatic carbocycles. The first-order valence-corrected chi connectivity index (χ1v) is 7.64. The number of hydrogen-bond donors (Lipinski definition) is 1. The maximum absolute atomic E-state index is 4.67. The van der Waals surface area contributed by atoms with Gasteiger partial charge in [-0.1, -0.05) is 26.0 Å². The summed E-state index contributed by atoms with van der Waals surface area (Å²) in [6.07, 6.45) is 2.95. The van der Waals surface area contributed by atoms with Crippen LogP contribution in [0, 0.1) is 0 Å². The lowest BCUT2D eigenvalue weighted by atomic mass is 10.3. The SMILES string of the molecule is CCCNc1cccc(CN(CC)Cc2ccccn2)n1. The van der Waals surface area contributed by atoms with E-state index >= 15 is 0 Å². The van der Waals surface area contributed by atoms with Crippen LogP contribution >= 0.6 is 0 Å². The largest absolute Gasteiger partial charge is 0.370 e. The second-order valence-corrected chi connectivity index (χ2v) is 5.07. The van der Waals surface area contributed by atoms with Gasteiger partial charge in [-0.2, -0.15) is 0 Å². The Morgan fingerprint density at radius 1 is 1.00 bits per heavy atom. The van der Waals surface area contributed by atoms with E-state index in [1.165, 1.54) is 0 Å². The van der Waals surface area contributed by atoms with Gasteiger partial charge in [-0.15, -0.1) is 0 Å². The van der Waals surface area contributed by atoms with Crippen molar-refractivity contribution in [1.82, 2.24) is 14.9 Å². The standard InChI is InChI=1S/C17H24N4/c1-3-11-19-17-10-7-9-16(20-17)14-21(4-2)13-15-8-5-6-12-18-15/h5-10,12H,3-4,11,13-14H2,1-2H3,(H,19,20). The van der Waals surface area contributed by atoms with E-state index in [-0.39, 0.29) is 0 Å². The Kier molecular flexibility index (Phi) is 6.16. The van der Waals surface area contributed by atoms with Crippen molar-refractivity contribution in [2.45, 2.75) is 33.4 Å². The van der Waals surface area contributed by atoms with Gasteiger partial charge in [-0.25, -0.2) is 4.98 Å². The first-order chi connectivity index (χ1) is 10.3. The molecule has 112 valence electrons. The van der Waals surface area contributed by atoms with Gasteiger partial charge < -0.3 is 5.32 Å². The second kappa shape index (κ2) is 8.37. The lowest BCUT2D eigenvalue weighted by Gasteiger charge is -2.19. The maximum Gasteiger partial charge on any atom is 0.126 e. The Bertz CT molecular complexity index is 527. The fraction of sp³-hybridized carbons (Fsp3) is 0.412. The number of aromatic nitrogens is 2. The quantitative estimate of drug-likeness (QED) is 0.807. The molecule has 0 bridgehead atoms. The first kappa shape index (κ1) is 15.4. The van der Waals surface area contributed by atoms with Gasteiger partial charge >= 0.3 is 0 Å². The summed E-state index contributed by atoms with van der Waals surface area (Å²) in [6.45, 7) is 7.96. The van der Waals surface area contributed by atoms with Crippen LogP contribution in [0.15, 0.2) is 42.6 Å². The molecule has 0 saturated carbocycles. The van der Waals surface area contributed by atoms with Crippen molar-refractivity contribution >= 4 is 5.82 Å². The van der Waals surface area contributed by atoms with Crippen LogP contribution in [0.25, 0.3) is 0 Å². The number of nitrogens with one attached hydrogen (secondary N) is 1. The molecule has 0 spiro atoms. The van der Waals surface area contributed by atoms with E-state index in [9.17, 15) is 0 Å². The van der Waals surface area contributed by atoms with Gasteiger partial charge in [0.15, 0.2) is 0 Å². The molecule has 0 fully saturated rings. The Morgan fingerprint density at radius 2 is 1.81 bits per heavy atom. The maximum atomic E-state index is 4.67. The minimum absolute atomic E-state index is 0.842. The van der Waals surface area contributed by atoms with Crippen LogP contribution in [0.4, 0.5) is 5.82 Å². The van der Waals surface area contributed by atoms with Crippen LogP contribution in [0.5, 0.6) is 0 Å². The Hall–Kier alpha value is -1.94. The van der Waals surface area contributed by atoms with Crippen molar-refractivity contribution in [2.24, 2.45) is 0 Å². The average Bonchev–Trinajstić information content (AvgIpc) is 2.53. The molecule has 0 radical (unpaired) electrons. The molecule has 0 saturated heterocycles. The number of pyridine rings is 2. The lowest BCUT2D eigenvalue weighted by molar-refractivity contribution is 0.265. The highest BCUT2D eigenvalue weighted by Crippen LogP contribution is 2.10. The molecule has 2 aromatic heterocycles. The Labute approximate surface area is 127 Å².